The smallest absolute Gasteiger partial charge is 0.261 e. The molecular formula is C15H19BrN2O2. The van der Waals surface area contributed by atoms with Crippen LogP contribution in [-0.2, 0) is 11.3 Å². The van der Waals surface area contributed by atoms with Crippen molar-refractivity contribution in [3.05, 3.63) is 28.2 Å². The molecule has 0 fully saturated rings. The molecule has 2 N–H and O–H groups in total. The van der Waals surface area contributed by atoms with Crippen LogP contribution in [0.2, 0.25) is 0 Å². The van der Waals surface area contributed by atoms with E-state index in [0.29, 0.717) is 5.75 Å². The van der Waals surface area contributed by atoms with E-state index in [1.807, 2.05) is 18.2 Å². The van der Waals surface area contributed by atoms with Gasteiger partial charge in [0, 0.05) is 6.54 Å². The Morgan fingerprint density at radius 3 is 2.90 bits per heavy atom. The van der Waals surface area contributed by atoms with Crippen LogP contribution in [0.4, 0.5) is 0 Å². The number of amides is 1. The quantitative estimate of drug-likeness (QED) is 0.748. The minimum absolute atomic E-state index is 0.204. The van der Waals surface area contributed by atoms with Gasteiger partial charge in [0.2, 0.25) is 0 Å². The van der Waals surface area contributed by atoms with E-state index < -0.39 is 6.10 Å². The van der Waals surface area contributed by atoms with Crippen LogP contribution >= 0.6 is 15.9 Å². The molecule has 1 amide bonds. The molecule has 0 saturated heterocycles. The molecule has 1 rings (SSSR count). The van der Waals surface area contributed by atoms with Gasteiger partial charge in [-0.1, -0.05) is 18.9 Å². The number of hydrogen-bond donors (Lipinski definition) is 2. The molecule has 1 aromatic rings. The van der Waals surface area contributed by atoms with Crippen molar-refractivity contribution >= 4 is 21.8 Å². The Morgan fingerprint density at radius 1 is 1.55 bits per heavy atom. The average molecular weight is 339 g/mol. The third-order valence-corrected chi connectivity index (χ3v) is 3.23. The van der Waals surface area contributed by atoms with Gasteiger partial charge in [-0.15, -0.1) is 6.42 Å². The second-order valence-corrected chi connectivity index (χ2v) is 5.08. The summed E-state index contributed by atoms with van der Waals surface area (Å²) < 4.78 is 6.44. The minimum Gasteiger partial charge on any atom is -0.480 e. The Labute approximate surface area is 128 Å². The molecule has 5 heteroatoms. The van der Waals surface area contributed by atoms with Crippen molar-refractivity contribution in [2.24, 2.45) is 0 Å². The monoisotopic (exact) mass is 338 g/mol. The van der Waals surface area contributed by atoms with E-state index in [2.05, 4.69) is 39.4 Å². The molecule has 20 heavy (non-hydrogen) atoms. The highest BCUT2D eigenvalue weighted by Gasteiger charge is 2.15. The van der Waals surface area contributed by atoms with Gasteiger partial charge in [-0.25, -0.2) is 0 Å². The van der Waals surface area contributed by atoms with E-state index in [9.17, 15) is 4.79 Å². The van der Waals surface area contributed by atoms with Crippen LogP contribution in [0.1, 0.15) is 19.4 Å². The van der Waals surface area contributed by atoms with Crippen LogP contribution in [0.3, 0.4) is 0 Å². The molecule has 0 aliphatic carbocycles. The summed E-state index contributed by atoms with van der Waals surface area (Å²) in [5.74, 6) is 2.75. The van der Waals surface area contributed by atoms with E-state index in [-0.39, 0.29) is 12.5 Å². The van der Waals surface area contributed by atoms with Crippen molar-refractivity contribution in [1.82, 2.24) is 10.6 Å². The van der Waals surface area contributed by atoms with Crippen LogP contribution in [0.25, 0.3) is 0 Å². The second kappa shape index (κ2) is 8.62. The molecule has 0 aliphatic rings. The summed E-state index contributed by atoms with van der Waals surface area (Å²) in [7, 11) is 0. The fraction of sp³-hybridized carbons (Fsp3) is 0.400. The molecular weight excluding hydrogens is 320 g/mol. The van der Waals surface area contributed by atoms with E-state index in [1.54, 1.807) is 6.92 Å². The molecule has 0 bridgehead atoms. The number of carbonyl (C=O) groups excluding carboxylic acids is 1. The first kappa shape index (κ1) is 16.5. The summed E-state index contributed by atoms with van der Waals surface area (Å²) in [6.45, 7) is 5.67. The van der Waals surface area contributed by atoms with E-state index in [4.69, 9.17) is 11.2 Å². The van der Waals surface area contributed by atoms with Gasteiger partial charge >= 0.3 is 0 Å². The van der Waals surface area contributed by atoms with Crippen LogP contribution in [0.15, 0.2) is 22.7 Å². The van der Waals surface area contributed by atoms with Gasteiger partial charge in [0.1, 0.15) is 5.75 Å². The predicted octanol–water partition coefficient (Wildman–Crippen LogP) is 2.08. The van der Waals surface area contributed by atoms with Crippen molar-refractivity contribution in [3.63, 3.8) is 0 Å². The zero-order chi connectivity index (χ0) is 15.0. The Bertz CT molecular complexity index is 497. The van der Waals surface area contributed by atoms with Gasteiger partial charge in [-0.2, -0.15) is 0 Å². The van der Waals surface area contributed by atoms with Crippen molar-refractivity contribution in [3.8, 4) is 18.1 Å². The zero-order valence-electron chi connectivity index (χ0n) is 11.7. The molecule has 1 unspecified atom stereocenters. The maximum Gasteiger partial charge on any atom is 0.261 e. The fourth-order valence-corrected chi connectivity index (χ4v) is 2.06. The predicted molar refractivity (Wildman–Crippen MR) is 83.5 cm³/mol. The zero-order valence-corrected chi connectivity index (χ0v) is 13.3. The van der Waals surface area contributed by atoms with Gasteiger partial charge < -0.3 is 15.4 Å². The first-order valence-corrected chi connectivity index (χ1v) is 7.24. The lowest BCUT2D eigenvalue weighted by atomic mass is 10.2. The third kappa shape index (κ3) is 5.24. The number of halogens is 1. The first-order chi connectivity index (χ1) is 9.58. The lowest BCUT2D eigenvalue weighted by Gasteiger charge is -2.15. The van der Waals surface area contributed by atoms with Crippen molar-refractivity contribution in [2.45, 2.75) is 26.5 Å². The van der Waals surface area contributed by atoms with Crippen molar-refractivity contribution < 1.29 is 9.53 Å². The number of ether oxygens (including phenoxy) is 1. The molecule has 108 valence electrons. The summed E-state index contributed by atoms with van der Waals surface area (Å²) in [6, 6.07) is 5.79. The molecule has 1 aromatic carbocycles. The fourth-order valence-electron chi connectivity index (χ4n) is 1.55. The van der Waals surface area contributed by atoms with E-state index >= 15 is 0 Å². The standard InChI is InChI=1S/C15H19BrN2O2/c1-4-8-18-15(19)11(3)20-14-7-6-12(9-13(14)16)10-17-5-2/h1,6-7,9,11,17H,5,8,10H2,2-3H3,(H,18,19). The van der Waals surface area contributed by atoms with Crippen LogP contribution in [0.5, 0.6) is 5.75 Å². The maximum absolute atomic E-state index is 11.7. The number of rotatable bonds is 7. The molecule has 0 saturated carbocycles. The SMILES string of the molecule is C#CCNC(=O)C(C)Oc1ccc(CNCC)cc1Br. The third-order valence-electron chi connectivity index (χ3n) is 2.61. The normalized spacial score (nSPS) is 11.5. The molecule has 0 heterocycles. The maximum atomic E-state index is 11.7. The Kier molecular flexibility index (Phi) is 7.13. The Balaban J connectivity index is 2.64. The highest BCUT2D eigenvalue weighted by molar-refractivity contribution is 9.10. The van der Waals surface area contributed by atoms with Crippen molar-refractivity contribution in [2.75, 3.05) is 13.1 Å². The molecule has 0 aromatic heterocycles. The number of nitrogens with one attached hydrogen (secondary N) is 2. The molecule has 0 spiro atoms. The topological polar surface area (TPSA) is 50.4 Å². The van der Waals surface area contributed by atoms with Gasteiger partial charge in [-0.3, -0.25) is 4.79 Å². The second-order valence-electron chi connectivity index (χ2n) is 4.23. The van der Waals surface area contributed by atoms with Crippen molar-refractivity contribution in [1.29, 1.82) is 0 Å². The van der Waals surface area contributed by atoms with Crippen LogP contribution < -0.4 is 15.4 Å². The lowest BCUT2D eigenvalue weighted by Crippen LogP contribution is -2.36. The van der Waals surface area contributed by atoms with Gasteiger partial charge in [0.25, 0.3) is 5.91 Å². The lowest BCUT2D eigenvalue weighted by molar-refractivity contribution is -0.127. The number of terminal acetylenes is 1. The van der Waals surface area contributed by atoms with E-state index in [0.717, 1.165) is 23.1 Å². The van der Waals surface area contributed by atoms with Crippen LogP contribution in [0, 0.1) is 12.3 Å². The highest BCUT2D eigenvalue weighted by Crippen LogP contribution is 2.27. The largest absolute Gasteiger partial charge is 0.480 e. The summed E-state index contributed by atoms with van der Waals surface area (Å²) in [6.07, 6.45) is 4.49. The molecule has 1 atom stereocenters. The summed E-state index contributed by atoms with van der Waals surface area (Å²) in [5.41, 5.74) is 1.15. The minimum atomic E-state index is -0.598. The first-order valence-electron chi connectivity index (χ1n) is 6.45. The summed E-state index contributed by atoms with van der Waals surface area (Å²) >= 11 is 3.45. The highest BCUT2D eigenvalue weighted by atomic mass is 79.9. The van der Waals surface area contributed by atoms with Gasteiger partial charge in [0.15, 0.2) is 6.10 Å². The number of hydrogen-bond acceptors (Lipinski definition) is 3. The summed E-state index contributed by atoms with van der Waals surface area (Å²) in [4.78, 5) is 11.7. The van der Waals surface area contributed by atoms with Gasteiger partial charge in [-0.05, 0) is 47.1 Å². The Hall–Kier alpha value is -1.51. The molecule has 4 nitrogen and oxygen atoms in total. The van der Waals surface area contributed by atoms with Gasteiger partial charge in [0.05, 0.1) is 11.0 Å². The number of carbonyl (C=O) groups is 1. The van der Waals surface area contributed by atoms with E-state index in [1.165, 1.54) is 0 Å². The number of benzene rings is 1. The Morgan fingerprint density at radius 2 is 2.30 bits per heavy atom. The molecule has 0 aliphatic heterocycles. The molecule has 0 radical (unpaired) electrons. The summed E-state index contributed by atoms with van der Waals surface area (Å²) in [5, 5.41) is 5.83. The van der Waals surface area contributed by atoms with Crippen LogP contribution in [-0.4, -0.2) is 25.1 Å². The average Bonchev–Trinajstić information content (AvgIpc) is 2.44.